The van der Waals surface area contributed by atoms with E-state index >= 15 is 0 Å². The van der Waals surface area contributed by atoms with Crippen LogP contribution in [0.3, 0.4) is 0 Å². The molecule has 0 aliphatic carbocycles. The van der Waals surface area contributed by atoms with Crippen LogP contribution in [0.4, 0.5) is 4.39 Å². The van der Waals surface area contributed by atoms with Crippen LogP contribution in [0.15, 0.2) is 28.9 Å². The molecule has 0 saturated heterocycles. The molecule has 0 saturated carbocycles. The Kier molecular flexibility index (Phi) is 4.08. The third kappa shape index (κ3) is 2.94. The van der Waals surface area contributed by atoms with Gasteiger partial charge in [0.05, 0.1) is 11.9 Å². The van der Waals surface area contributed by atoms with Gasteiger partial charge in [0.1, 0.15) is 11.5 Å². The van der Waals surface area contributed by atoms with Crippen molar-refractivity contribution >= 4 is 15.9 Å². The average Bonchev–Trinajstić information content (AvgIpc) is 2.77. The molecule has 1 heterocycles. The molecule has 1 N–H and O–H groups in total. The Balaban J connectivity index is 2.33. The lowest BCUT2D eigenvalue weighted by atomic mass is 10.3. The number of benzene rings is 1. The van der Waals surface area contributed by atoms with Crippen molar-refractivity contribution in [2.24, 2.45) is 0 Å². The quantitative estimate of drug-likeness (QED) is 0.944. The fraction of sp³-hybridized carbons (Fsp3) is 0.333. The number of hydrogen-bond acceptors (Lipinski definition) is 3. The zero-order valence-corrected chi connectivity index (χ0v) is 11.8. The van der Waals surface area contributed by atoms with Crippen LogP contribution in [0.25, 0.3) is 5.69 Å². The second-order valence-corrected chi connectivity index (χ2v) is 5.18. The van der Waals surface area contributed by atoms with Crippen LogP contribution < -0.4 is 5.32 Å². The van der Waals surface area contributed by atoms with Crippen molar-refractivity contribution in [3.63, 3.8) is 0 Å². The summed E-state index contributed by atoms with van der Waals surface area (Å²) in [6, 6.07) is 5.09. The zero-order valence-electron chi connectivity index (χ0n) is 10.2. The Morgan fingerprint density at radius 2 is 2.22 bits per heavy atom. The Hall–Kier alpha value is -1.27. The summed E-state index contributed by atoms with van der Waals surface area (Å²) in [5, 5.41) is 11.0. The predicted molar refractivity (Wildman–Crippen MR) is 71.0 cm³/mol. The minimum absolute atomic E-state index is 0.325. The summed E-state index contributed by atoms with van der Waals surface area (Å²) < 4.78 is 16.1. The molecule has 0 spiro atoms. The lowest BCUT2D eigenvalue weighted by molar-refractivity contribution is 0.560. The molecule has 0 aliphatic heterocycles. The molecule has 0 bridgehead atoms. The standard InChI is InChI=1S/C12H14BrFN4/c1-8(2)15-6-10-7-16-17-18(10)12-5-9(13)3-4-11(12)14/h3-5,7-8,15H,6H2,1-2H3. The van der Waals surface area contributed by atoms with Crippen molar-refractivity contribution in [3.8, 4) is 5.69 Å². The van der Waals surface area contributed by atoms with Crippen molar-refractivity contribution < 1.29 is 4.39 Å². The van der Waals surface area contributed by atoms with Crippen LogP contribution in [0, 0.1) is 5.82 Å². The SMILES string of the molecule is CC(C)NCc1cnnn1-c1cc(Br)ccc1F. The maximum atomic E-state index is 13.8. The van der Waals surface area contributed by atoms with Gasteiger partial charge in [-0.25, -0.2) is 9.07 Å². The van der Waals surface area contributed by atoms with E-state index in [0.717, 1.165) is 10.2 Å². The van der Waals surface area contributed by atoms with Crippen LogP contribution in [-0.2, 0) is 6.54 Å². The Bertz CT molecular complexity index is 539. The molecule has 2 aromatic rings. The molecule has 0 unspecified atom stereocenters. The smallest absolute Gasteiger partial charge is 0.149 e. The average molecular weight is 313 g/mol. The van der Waals surface area contributed by atoms with Gasteiger partial charge in [-0.15, -0.1) is 5.10 Å². The van der Waals surface area contributed by atoms with Crippen LogP contribution >= 0.6 is 15.9 Å². The maximum absolute atomic E-state index is 13.8. The number of rotatable bonds is 4. The summed E-state index contributed by atoms with van der Waals surface area (Å²) >= 11 is 3.32. The maximum Gasteiger partial charge on any atom is 0.149 e. The molecule has 0 amide bonds. The second-order valence-electron chi connectivity index (χ2n) is 4.27. The first kappa shape index (κ1) is 13.2. The summed E-state index contributed by atoms with van der Waals surface area (Å²) in [7, 11) is 0. The zero-order chi connectivity index (χ0) is 13.1. The lowest BCUT2D eigenvalue weighted by Crippen LogP contribution is -2.23. The van der Waals surface area contributed by atoms with Crippen molar-refractivity contribution in [1.29, 1.82) is 0 Å². The van der Waals surface area contributed by atoms with Crippen molar-refractivity contribution in [3.05, 3.63) is 40.4 Å². The Morgan fingerprint density at radius 1 is 1.44 bits per heavy atom. The third-order valence-electron chi connectivity index (χ3n) is 2.45. The second kappa shape index (κ2) is 5.58. The fourth-order valence-corrected chi connectivity index (χ4v) is 1.89. The molecule has 18 heavy (non-hydrogen) atoms. The van der Waals surface area contributed by atoms with Crippen molar-refractivity contribution in [2.75, 3.05) is 0 Å². The van der Waals surface area contributed by atoms with Gasteiger partial charge in [-0.2, -0.15) is 0 Å². The predicted octanol–water partition coefficient (Wildman–Crippen LogP) is 2.67. The highest BCUT2D eigenvalue weighted by atomic mass is 79.9. The minimum Gasteiger partial charge on any atom is -0.309 e. The number of nitrogens with zero attached hydrogens (tertiary/aromatic N) is 3. The first-order chi connectivity index (χ1) is 8.58. The van der Waals surface area contributed by atoms with Crippen molar-refractivity contribution in [2.45, 2.75) is 26.4 Å². The molecular weight excluding hydrogens is 299 g/mol. The van der Waals surface area contributed by atoms with Crippen LogP contribution in [0.2, 0.25) is 0 Å². The number of halogens is 2. The first-order valence-electron chi connectivity index (χ1n) is 5.66. The van der Waals surface area contributed by atoms with Gasteiger partial charge in [0.15, 0.2) is 0 Å². The molecule has 0 fully saturated rings. The van der Waals surface area contributed by atoms with Gasteiger partial charge >= 0.3 is 0 Å². The largest absolute Gasteiger partial charge is 0.309 e. The van der Waals surface area contributed by atoms with Gasteiger partial charge in [-0.05, 0) is 18.2 Å². The number of nitrogens with one attached hydrogen (secondary N) is 1. The van der Waals surface area contributed by atoms with E-state index in [-0.39, 0.29) is 5.82 Å². The molecule has 96 valence electrons. The van der Waals surface area contributed by atoms with Gasteiger partial charge in [-0.3, -0.25) is 0 Å². The van der Waals surface area contributed by atoms with E-state index in [9.17, 15) is 4.39 Å². The van der Waals surface area contributed by atoms with E-state index in [2.05, 4.69) is 31.6 Å². The van der Waals surface area contributed by atoms with E-state index in [4.69, 9.17) is 0 Å². The summed E-state index contributed by atoms with van der Waals surface area (Å²) in [6.07, 6.45) is 1.63. The van der Waals surface area contributed by atoms with E-state index in [1.165, 1.54) is 10.7 Å². The Morgan fingerprint density at radius 3 is 2.94 bits per heavy atom. The summed E-state index contributed by atoms with van der Waals surface area (Å²) in [6.45, 7) is 4.69. The monoisotopic (exact) mass is 312 g/mol. The molecular formula is C12H14BrFN4. The van der Waals surface area contributed by atoms with Crippen LogP contribution in [0.5, 0.6) is 0 Å². The van der Waals surface area contributed by atoms with Crippen LogP contribution in [0.1, 0.15) is 19.5 Å². The summed E-state index contributed by atoms with van der Waals surface area (Å²) in [5.74, 6) is -0.325. The first-order valence-corrected chi connectivity index (χ1v) is 6.45. The highest BCUT2D eigenvalue weighted by molar-refractivity contribution is 9.10. The van der Waals surface area contributed by atoms with Gasteiger partial charge in [0.2, 0.25) is 0 Å². The summed E-state index contributed by atoms with van der Waals surface area (Å²) in [5.41, 5.74) is 1.21. The van der Waals surface area contributed by atoms with E-state index < -0.39 is 0 Å². The number of aromatic nitrogens is 3. The number of hydrogen-bond donors (Lipinski definition) is 1. The molecule has 1 aromatic heterocycles. The summed E-state index contributed by atoms with van der Waals surface area (Å²) in [4.78, 5) is 0. The molecule has 0 radical (unpaired) electrons. The lowest BCUT2D eigenvalue weighted by Gasteiger charge is -2.10. The molecule has 1 aromatic carbocycles. The minimum atomic E-state index is -0.325. The highest BCUT2D eigenvalue weighted by Gasteiger charge is 2.11. The molecule has 2 rings (SSSR count). The molecule has 0 aliphatic rings. The van der Waals surface area contributed by atoms with Crippen LogP contribution in [-0.4, -0.2) is 21.0 Å². The van der Waals surface area contributed by atoms with Gasteiger partial charge < -0.3 is 5.32 Å². The van der Waals surface area contributed by atoms with Gasteiger partial charge in [0.25, 0.3) is 0 Å². The van der Waals surface area contributed by atoms with E-state index in [0.29, 0.717) is 18.3 Å². The van der Waals surface area contributed by atoms with Gasteiger partial charge in [-0.1, -0.05) is 35.0 Å². The van der Waals surface area contributed by atoms with E-state index in [1.54, 1.807) is 18.3 Å². The molecule has 4 nitrogen and oxygen atoms in total. The highest BCUT2D eigenvalue weighted by Crippen LogP contribution is 2.19. The normalized spacial score (nSPS) is 11.2. The van der Waals surface area contributed by atoms with Gasteiger partial charge in [0, 0.05) is 17.1 Å². The fourth-order valence-electron chi connectivity index (χ4n) is 1.54. The van der Waals surface area contributed by atoms with E-state index in [1.807, 2.05) is 13.8 Å². The molecule has 6 heteroatoms. The molecule has 0 atom stereocenters. The third-order valence-corrected chi connectivity index (χ3v) is 2.94. The van der Waals surface area contributed by atoms with Crippen molar-refractivity contribution in [1.82, 2.24) is 20.3 Å². The Labute approximate surface area is 113 Å². The topological polar surface area (TPSA) is 42.7 Å².